The maximum absolute atomic E-state index is 3.89. The van der Waals surface area contributed by atoms with Gasteiger partial charge in [0.25, 0.3) is 0 Å². The van der Waals surface area contributed by atoms with Crippen LogP contribution in [0.15, 0.2) is 12.3 Å². The summed E-state index contributed by atoms with van der Waals surface area (Å²) in [6, 6.07) is 2.63. The molecule has 1 atom stereocenters. The molecule has 0 amide bonds. The van der Waals surface area contributed by atoms with E-state index >= 15 is 0 Å². The Morgan fingerprint density at radius 3 is 3.33 bits per heavy atom. The van der Waals surface area contributed by atoms with E-state index in [1.165, 1.54) is 6.42 Å². The minimum atomic E-state index is 0.633. The van der Waals surface area contributed by atoms with Crippen LogP contribution in [0.1, 0.15) is 12.1 Å². The fraction of sp³-hybridized carbons (Fsp3) is 0.625. The summed E-state index contributed by atoms with van der Waals surface area (Å²) < 4.78 is 0. The molecule has 1 saturated heterocycles. The Bertz CT molecular complexity index is 213. The van der Waals surface area contributed by atoms with Gasteiger partial charge in [-0.15, -0.1) is 0 Å². The number of hydrogen-bond donors (Lipinski definition) is 3. The van der Waals surface area contributed by atoms with E-state index in [9.17, 15) is 0 Å². The maximum Gasteiger partial charge on any atom is 0.0490 e. The zero-order valence-corrected chi connectivity index (χ0v) is 7.01. The van der Waals surface area contributed by atoms with E-state index in [0.717, 1.165) is 25.3 Å². The van der Waals surface area contributed by atoms with Crippen LogP contribution in [0.2, 0.25) is 0 Å². The number of aromatic amines is 1. The molecule has 66 valence electrons. The summed E-state index contributed by atoms with van der Waals surface area (Å²) in [5, 5.41) is 13.6. The molecule has 3 N–H and O–H groups in total. The fourth-order valence-corrected chi connectivity index (χ4v) is 1.47. The highest BCUT2D eigenvalue weighted by atomic mass is 15.1. The van der Waals surface area contributed by atoms with Crippen LogP contribution in [0.4, 0.5) is 0 Å². The SMILES string of the molecule is c1cc(CNC2CCNC2)[nH]n1. The van der Waals surface area contributed by atoms with Crippen LogP contribution in [0.3, 0.4) is 0 Å². The van der Waals surface area contributed by atoms with Gasteiger partial charge in [0.2, 0.25) is 0 Å². The third-order valence-corrected chi connectivity index (χ3v) is 2.20. The van der Waals surface area contributed by atoms with Gasteiger partial charge in [0.15, 0.2) is 0 Å². The molecule has 1 aromatic rings. The molecule has 0 spiro atoms. The van der Waals surface area contributed by atoms with E-state index in [1.54, 1.807) is 6.20 Å². The minimum Gasteiger partial charge on any atom is -0.315 e. The van der Waals surface area contributed by atoms with Gasteiger partial charge in [0.05, 0.1) is 0 Å². The Morgan fingerprint density at radius 1 is 1.67 bits per heavy atom. The Labute approximate surface area is 71.7 Å². The number of nitrogens with one attached hydrogen (secondary N) is 3. The highest BCUT2D eigenvalue weighted by Gasteiger charge is 2.12. The topological polar surface area (TPSA) is 52.7 Å². The first-order valence-electron chi connectivity index (χ1n) is 4.37. The summed E-state index contributed by atoms with van der Waals surface area (Å²) in [7, 11) is 0. The lowest BCUT2D eigenvalue weighted by Crippen LogP contribution is -2.30. The molecule has 1 aromatic heterocycles. The van der Waals surface area contributed by atoms with Crippen molar-refractivity contribution in [3.8, 4) is 0 Å². The third kappa shape index (κ3) is 1.84. The summed E-state index contributed by atoms with van der Waals surface area (Å²) >= 11 is 0. The van der Waals surface area contributed by atoms with Gasteiger partial charge in [-0.2, -0.15) is 5.10 Å². The molecular weight excluding hydrogens is 152 g/mol. The largest absolute Gasteiger partial charge is 0.315 e. The molecule has 1 aliphatic rings. The predicted octanol–water partition coefficient (Wildman–Crippen LogP) is -0.139. The molecule has 0 radical (unpaired) electrons. The highest BCUT2D eigenvalue weighted by molar-refractivity contribution is 4.97. The fourth-order valence-electron chi connectivity index (χ4n) is 1.47. The van der Waals surface area contributed by atoms with Crippen LogP contribution < -0.4 is 10.6 Å². The minimum absolute atomic E-state index is 0.633. The number of hydrogen-bond acceptors (Lipinski definition) is 3. The number of aromatic nitrogens is 2. The number of rotatable bonds is 3. The summed E-state index contributed by atoms with van der Waals surface area (Å²) in [5.41, 5.74) is 1.15. The average Bonchev–Trinajstić information content (AvgIpc) is 2.74. The second kappa shape index (κ2) is 3.69. The Hall–Kier alpha value is -0.870. The van der Waals surface area contributed by atoms with Crippen LogP contribution in [0, 0.1) is 0 Å². The molecule has 1 aliphatic heterocycles. The molecule has 12 heavy (non-hydrogen) atoms. The maximum atomic E-state index is 3.89. The zero-order chi connectivity index (χ0) is 8.23. The second-order valence-corrected chi connectivity index (χ2v) is 3.15. The van der Waals surface area contributed by atoms with Crippen LogP contribution in [0.5, 0.6) is 0 Å². The Kier molecular flexibility index (Phi) is 2.39. The molecule has 2 rings (SSSR count). The average molecular weight is 166 g/mol. The molecule has 1 unspecified atom stereocenters. The lowest BCUT2D eigenvalue weighted by atomic mass is 10.2. The number of H-pyrrole nitrogens is 1. The molecule has 0 saturated carbocycles. The molecule has 0 aromatic carbocycles. The van der Waals surface area contributed by atoms with Crippen molar-refractivity contribution in [3.05, 3.63) is 18.0 Å². The summed E-state index contributed by atoms with van der Waals surface area (Å²) in [6.45, 7) is 3.13. The van der Waals surface area contributed by atoms with Crippen LogP contribution in [-0.4, -0.2) is 29.3 Å². The van der Waals surface area contributed by atoms with Crippen molar-refractivity contribution in [2.75, 3.05) is 13.1 Å². The van der Waals surface area contributed by atoms with Crippen molar-refractivity contribution < 1.29 is 0 Å². The van der Waals surface area contributed by atoms with Crippen molar-refractivity contribution in [1.29, 1.82) is 0 Å². The predicted molar refractivity (Wildman–Crippen MR) is 46.7 cm³/mol. The van der Waals surface area contributed by atoms with Crippen molar-refractivity contribution in [1.82, 2.24) is 20.8 Å². The van der Waals surface area contributed by atoms with E-state index in [1.807, 2.05) is 6.07 Å². The molecule has 0 bridgehead atoms. The van der Waals surface area contributed by atoms with Crippen LogP contribution >= 0.6 is 0 Å². The normalized spacial score (nSPS) is 23.2. The Balaban J connectivity index is 1.74. The van der Waals surface area contributed by atoms with E-state index in [-0.39, 0.29) is 0 Å². The quantitative estimate of drug-likeness (QED) is 0.586. The molecule has 0 aliphatic carbocycles. The van der Waals surface area contributed by atoms with Gasteiger partial charge in [-0.3, -0.25) is 5.10 Å². The summed E-state index contributed by atoms with van der Waals surface area (Å²) in [4.78, 5) is 0. The summed E-state index contributed by atoms with van der Waals surface area (Å²) in [6.07, 6.45) is 3.01. The molecular formula is C8H14N4. The van der Waals surface area contributed by atoms with E-state index in [4.69, 9.17) is 0 Å². The van der Waals surface area contributed by atoms with Crippen LogP contribution in [0.25, 0.3) is 0 Å². The van der Waals surface area contributed by atoms with Crippen molar-refractivity contribution in [2.45, 2.75) is 19.0 Å². The molecule has 4 heteroatoms. The first-order valence-corrected chi connectivity index (χ1v) is 4.37. The standard InChI is InChI=1S/C8H14N4/c1-3-9-5-7(1)10-6-8-2-4-11-12-8/h2,4,7,9-10H,1,3,5-6H2,(H,11,12). The van der Waals surface area contributed by atoms with Gasteiger partial charge < -0.3 is 10.6 Å². The zero-order valence-electron chi connectivity index (χ0n) is 7.01. The van der Waals surface area contributed by atoms with Crippen LogP contribution in [-0.2, 0) is 6.54 Å². The van der Waals surface area contributed by atoms with Gasteiger partial charge >= 0.3 is 0 Å². The smallest absolute Gasteiger partial charge is 0.0490 e. The number of nitrogens with zero attached hydrogens (tertiary/aromatic N) is 1. The first-order chi connectivity index (χ1) is 5.95. The first kappa shape index (κ1) is 7.76. The highest BCUT2D eigenvalue weighted by Crippen LogP contribution is 1.98. The third-order valence-electron chi connectivity index (χ3n) is 2.20. The van der Waals surface area contributed by atoms with Crippen molar-refractivity contribution in [2.24, 2.45) is 0 Å². The molecule has 2 heterocycles. The van der Waals surface area contributed by atoms with Gasteiger partial charge in [-0.1, -0.05) is 0 Å². The van der Waals surface area contributed by atoms with Crippen molar-refractivity contribution >= 4 is 0 Å². The van der Waals surface area contributed by atoms with Gasteiger partial charge in [-0.05, 0) is 19.0 Å². The van der Waals surface area contributed by atoms with Gasteiger partial charge in [-0.25, -0.2) is 0 Å². The van der Waals surface area contributed by atoms with Gasteiger partial charge in [0.1, 0.15) is 0 Å². The Morgan fingerprint density at radius 2 is 2.67 bits per heavy atom. The summed E-state index contributed by atoms with van der Waals surface area (Å²) in [5.74, 6) is 0. The lowest BCUT2D eigenvalue weighted by molar-refractivity contribution is 0.541. The van der Waals surface area contributed by atoms with E-state index in [0.29, 0.717) is 6.04 Å². The van der Waals surface area contributed by atoms with Crippen molar-refractivity contribution in [3.63, 3.8) is 0 Å². The van der Waals surface area contributed by atoms with E-state index in [2.05, 4.69) is 20.8 Å². The lowest BCUT2D eigenvalue weighted by Gasteiger charge is -2.08. The molecule has 4 nitrogen and oxygen atoms in total. The monoisotopic (exact) mass is 166 g/mol. The second-order valence-electron chi connectivity index (χ2n) is 3.15. The molecule has 1 fully saturated rings. The van der Waals surface area contributed by atoms with Gasteiger partial charge in [0, 0.05) is 31.0 Å². The van der Waals surface area contributed by atoms with E-state index < -0.39 is 0 Å².